The van der Waals surface area contributed by atoms with Gasteiger partial charge in [-0.15, -0.1) is 0 Å². The van der Waals surface area contributed by atoms with E-state index in [1.54, 1.807) is 0 Å². The molecule has 0 aromatic rings. The van der Waals surface area contributed by atoms with E-state index >= 15 is 0 Å². The second-order valence-corrected chi connectivity index (χ2v) is 6.03. The Morgan fingerprint density at radius 2 is 2.17 bits per heavy atom. The van der Waals surface area contributed by atoms with Gasteiger partial charge < -0.3 is 4.74 Å². The third-order valence-corrected chi connectivity index (χ3v) is 4.99. The topological polar surface area (TPSA) is 9.23 Å². The first-order valence-corrected chi connectivity index (χ1v) is 6.92. The van der Waals surface area contributed by atoms with Crippen molar-refractivity contribution in [2.75, 3.05) is 0 Å². The first-order chi connectivity index (χ1) is 8.78. The van der Waals surface area contributed by atoms with Gasteiger partial charge in [-0.3, -0.25) is 0 Å². The maximum atomic E-state index is 5.88. The number of hydrogen-bond donors (Lipinski definition) is 0. The van der Waals surface area contributed by atoms with Gasteiger partial charge in [0.1, 0.15) is 5.76 Å². The lowest BCUT2D eigenvalue weighted by Gasteiger charge is -2.44. The number of allylic oxidation sites excluding steroid dienone is 9. The zero-order valence-corrected chi connectivity index (χ0v) is 10.7. The van der Waals surface area contributed by atoms with E-state index in [-0.39, 0.29) is 5.41 Å². The van der Waals surface area contributed by atoms with Gasteiger partial charge in [0.05, 0.1) is 6.26 Å². The van der Waals surface area contributed by atoms with Crippen molar-refractivity contribution in [3.8, 4) is 0 Å². The van der Waals surface area contributed by atoms with Gasteiger partial charge in [0, 0.05) is 11.3 Å². The summed E-state index contributed by atoms with van der Waals surface area (Å²) >= 11 is 0. The van der Waals surface area contributed by atoms with E-state index in [1.807, 2.05) is 6.26 Å². The molecule has 3 atom stereocenters. The maximum Gasteiger partial charge on any atom is 0.107 e. The van der Waals surface area contributed by atoms with Crippen LogP contribution in [0.1, 0.15) is 26.2 Å². The molecule has 0 amide bonds. The van der Waals surface area contributed by atoms with Crippen LogP contribution >= 0.6 is 0 Å². The van der Waals surface area contributed by atoms with Crippen LogP contribution in [0.4, 0.5) is 0 Å². The zero-order valence-electron chi connectivity index (χ0n) is 10.7. The van der Waals surface area contributed by atoms with Gasteiger partial charge >= 0.3 is 0 Å². The van der Waals surface area contributed by atoms with E-state index in [0.29, 0.717) is 11.8 Å². The molecule has 0 spiro atoms. The molecule has 92 valence electrons. The highest BCUT2D eigenvalue weighted by Crippen LogP contribution is 2.54. The minimum Gasteiger partial charge on any atom is -0.469 e. The minimum absolute atomic E-state index is 0.261. The molecule has 4 aliphatic rings. The molecule has 1 heterocycles. The molecule has 1 aliphatic heterocycles. The molecule has 1 fully saturated rings. The van der Waals surface area contributed by atoms with Crippen LogP contribution in [0.25, 0.3) is 0 Å². The molecule has 0 saturated heterocycles. The lowest BCUT2D eigenvalue weighted by molar-refractivity contribution is 0.186. The van der Waals surface area contributed by atoms with Crippen molar-refractivity contribution in [1.82, 2.24) is 0 Å². The predicted molar refractivity (Wildman–Crippen MR) is 72.6 cm³/mol. The summed E-state index contributed by atoms with van der Waals surface area (Å²) < 4.78 is 5.88. The average molecular weight is 238 g/mol. The van der Waals surface area contributed by atoms with Gasteiger partial charge in [-0.05, 0) is 42.4 Å². The number of hydrogen-bond acceptors (Lipinski definition) is 1. The molecule has 0 aromatic carbocycles. The molecule has 3 aliphatic carbocycles. The third kappa shape index (κ3) is 1.28. The second-order valence-electron chi connectivity index (χ2n) is 6.03. The summed E-state index contributed by atoms with van der Waals surface area (Å²) in [6.07, 6.45) is 19.1. The largest absolute Gasteiger partial charge is 0.469 e. The molecule has 0 bridgehead atoms. The second kappa shape index (κ2) is 3.50. The molecular formula is C17H18O. The van der Waals surface area contributed by atoms with Gasteiger partial charge in [-0.1, -0.05) is 37.3 Å². The van der Waals surface area contributed by atoms with Crippen LogP contribution in [0, 0.1) is 17.3 Å². The zero-order chi connectivity index (χ0) is 12.2. The summed E-state index contributed by atoms with van der Waals surface area (Å²) in [6.45, 7) is 2.35. The Bertz CT molecular complexity index is 544. The fourth-order valence-electron chi connectivity index (χ4n) is 3.91. The molecular weight excluding hydrogens is 220 g/mol. The van der Waals surface area contributed by atoms with Crippen LogP contribution in [0.3, 0.4) is 0 Å². The Balaban J connectivity index is 1.77. The summed E-state index contributed by atoms with van der Waals surface area (Å²) in [6, 6.07) is 0. The fourth-order valence-corrected chi connectivity index (χ4v) is 3.91. The molecule has 1 saturated carbocycles. The van der Waals surface area contributed by atoms with Crippen LogP contribution < -0.4 is 0 Å². The Kier molecular flexibility index (Phi) is 2.03. The third-order valence-electron chi connectivity index (χ3n) is 4.99. The fraction of sp³-hybridized carbons (Fsp3) is 0.412. The average Bonchev–Trinajstić information content (AvgIpc) is 2.80. The normalized spacial score (nSPS) is 39.9. The Labute approximate surface area is 108 Å². The number of ether oxygens (including phenoxy) is 1. The van der Waals surface area contributed by atoms with Crippen molar-refractivity contribution in [2.24, 2.45) is 17.3 Å². The Morgan fingerprint density at radius 3 is 3.11 bits per heavy atom. The van der Waals surface area contributed by atoms with Gasteiger partial charge in [-0.25, -0.2) is 0 Å². The Morgan fingerprint density at radius 1 is 1.22 bits per heavy atom. The summed E-state index contributed by atoms with van der Waals surface area (Å²) in [5, 5.41) is 0. The SMILES string of the molecule is C[C@@]12C=CC=C1C1=COC3=CC=CC[C@@H]3[C@H]1CC2. The molecule has 18 heavy (non-hydrogen) atoms. The van der Waals surface area contributed by atoms with E-state index < -0.39 is 0 Å². The van der Waals surface area contributed by atoms with Crippen molar-refractivity contribution in [3.05, 3.63) is 59.6 Å². The van der Waals surface area contributed by atoms with Gasteiger partial charge in [0.25, 0.3) is 0 Å². The molecule has 0 aromatic heterocycles. The summed E-state index contributed by atoms with van der Waals surface area (Å²) in [4.78, 5) is 0. The van der Waals surface area contributed by atoms with Gasteiger partial charge in [0.2, 0.25) is 0 Å². The standard InChI is InChI=1S/C17H18O/c1-17-9-4-6-15(17)14-11-18-16-7-3-2-5-13(16)12(14)8-10-17/h2-4,6-7,9,11-13H,5,8,10H2,1H3/t12-,13-,17+/m1/s1. The van der Waals surface area contributed by atoms with Crippen LogP contribution in [-0.2, 0) is 4.74 Å². The highest BCUT2D eigenvalue weighted by molar-refractivity contribution is 5.50. The lowest BCUT2D eigenvalue weighted by atomic mass is 9.62. The van der Waals surface area contributed by atoms with E-state index in [1.165, 1.54) is 29.7 Å². The van der Waals surface area contributed by atoms with Crippen molar-refractivity contribution in [1.29, 1.82) is 0 Å². The smallest absolute Gasteiger partial charge is 0.107 e. The first-order valence-electron chi connectivity index (χ1n) is 6.92. The van der Waals surface area contributed by atoms with Crippen LogP contribution in [0.2, 0.25) is 0 Å². The molecule has 4 rings (SSSR count). The van der Waals surface area contributed by atoms with Crippen LogP contribution in [0.15, 0.2) is 59.6 Å². The molecule has 0 N–H and O–H groups in total. The van der Waals surface area contributed by atoms with Gasteiger partial charge in [-0.2, -0.15) is 0 Å². The lowest BCUT2D eigenvalue weighted by Crippen LogP contribution is -2.34. The van der Waals surface area contributed by atoms with Crippen molar-refractivity contribution >= 4 is 0 Å². The maximum absolute atomic E-state index is 5.88. The quantitative estimate of drug-likeness (QED) is 0.612. The summed E-state index contributed by atoms with van der Waals surface area (Å²) in [5.74, 6) is 2.40. The van der Waals surface area contributed by atoms with E-state index in [9.17, 15) is 0 Å². The van der Waals surface area contributed by atoms with Crippen LogP contribution in [-0.4, -0.2) is 0 Å². The van der Waals surface area contributed by atoms with Crippen molar-refractivity contribution < 1.29 is 4.74 Å². The van der Waals surface area contributed by atoms with Gasteiger partial charge in [0.15, 0.2) is 0 Å². The van der Waals surface area contributed by atoms with Crippen LogP contribution in [0.5, 0.6) is 0 Å². The first kappa shape index (κ1) is 10.4. The molecule has 1 heteroatoms. The van der Waals surface area contributed by atoms with E-state index in [2.05, 4.69) is 43.4 Å². The van der Waals surface area contributed by atoms with E-state index in [0.717, 1.165) is 6.42 Å². The molecule has 0 unspecified atom stereocenters. The van der Waals surface area contributed by atoms with Crippen molar-refractivity contribution in [3.63, 3.8) is 0 Å². The monoisotopic (exact) mass is 238 g/mol. The highest BCUT2D eigenvalue weighted by Gasteiger charge is 2.44. The van der Waals surface area contributed by atoms with E-state index in [4.69, 9.17) is 4.74 Å². The summed E-state index contributed by atoms with van der Waals surface area (Å²) in [5.41, 5.74) is 3.20. The molecule has 1 nitrogen and oxygen atoms in total. The van der Waals surface area contributed by atoms with Crippen molar-refractivity contribution in [2.45, 2.75) is 26.2 Å². The predicted octanol–water partition coefficient (Wildman–Crippen LogP) is 4.27. The minimum atomic E-state index is 0.261. The summed E-state index contributed by atoms with van der Waals surface area (Å²) in [7, 11) is 0. The Hall–Kier alpha value is -1.50. The molecule has 0 radical (unpaired) electrons. The highest BCUT2D eigenvalue weighted by atomic mass is 16.5. The number of fused-ring (bicyclic) bond motifs is 5. The number of rotatable bonds is 0.